The van der Waals surface area contributed by atoms with Crippen molar-refractivity contribution in [1.29, 1.82) is 0 Å². The van der Waals surface area contributed by atoms with E-state index in [1.54, 1.807) is 7.11 Å². The highest BCUT2D eigenvalue weighted by Crippen LogP contribution is 2.22. The van der Waals surface area contributed by atoms with Crippen molar-refractivity contribution in [3.8, 4) is 5.75 Å². The SMILES string of the molecule is CCN(C)C(CNC)c1cccc(OC)c1. The third-order valence-corrected chi connectivity index (χ3v) is 2.91. The van der Waals surface area contributed by atoms with Gasteiger partial charge in [0.05, 0.1) is 7.11 Å². The Hall–Kier alpha value is -1.06. The van der Waals surface area contributed by atoms with Gasteiger partial charge in [0.15, 0.2) is 0 Å². The molecule has 1 atom stereocenters. The summed E-state index contributed by atoms with van der Waals surface area (Å²) in [5, 5.41) is 3.24. The van der Waals surface area contributed by atoms with Gasteiger partial charge in [0.25, 0.3) is 0 Å². The van der Waals surface area contributed by atoms with E-state index in [1.165, 1.54) is 5.56 Å². The molecular weight excluding hydrogens is 200 g/mol. The molecule has 0 heterocycles. The molecule has 0 amide bonds. The molecule has 3 heteroatoms. The lowest BCUT2D eigenvalue weighted by atomic mass is 10.1. The molecular formula is C13H22N2O. The Morgan fingerprint density at radius 2 is 2.19 bits per heavy atom. The van der Waals surface area contributed by atoms with Crippen LogP contribution in [0.15, 0.2) is 24.3 Å². The maximum absolute atomic E-state index is 5.26. The molecule has 0 saturated carbocycles. The Bertz CT molecular complexity index is 315. The Morgan fingerprint density at radius 1 is 1.44 bits per heavy atom. The van der Waals surface area contributed by atoms with E-state index in [1.807, 2.05) is 19.2 Å². The number of ether oxygens (including phenoxy) is 1. The van der Waals surface area contributed by atoms with Crippen LogP contribution in [0.3, 0.4) is 0 Å². The molecule has 1 aromatic carbocycles. The molecule has 1 rings (SSSR count). The standard InChI is InChI=1S/C13H22N2O/c1-5-15(3)13(10-14-2)11-7-6-8-12(9-11)16-4/h6-9,13-14H,5,10H2,1-4H3. The number of methoxy groups -OCH3 is 1. The molecule has 0 spiro atoms. The van der Waals surface area contributed by atoms with E-state index in [4.69, 9.17) is 4.74 Å². The van der Waals surface area contributed by atoms with Crippen LogP contribution in [-0.2, 0) is 0 Å². The molecule has 1 N–H and O–H groups in total. The maximum Gasteiger partial charge on any atom is 0.119 e. The number of rotatable bonds is 6. The molecule has 0 radical (unpaired) electrons. The fraction of sp³-hybridized carbons (Fsp3) is 0.538. The minimum Gasteiger partial charge on any atom is -0.497 e. The molecule has 0 bridgehead atoms. The first kappa shape index (κ1) is 13.0. The van der Waals surface area contributed by atoms with Crippen molar-refractivity contribution in [2.75, 3.05) is 34.3 Å². The van der Waals surface area contributed by atoms with Crippen LogP contribution < -0.4 is 10.1 Å². The first-order chi connectivity index (χ1) is 7.72. The number of nitrogens with one attached hydrogen (secondary N) is 1. The molecule has 0 aliphatic rings. The van der Waals surface area contributed by atoms with E-state index in [2.05, 4.69) is 36.3 Å². The van der Waals surface area contributed by atoms with Gasteiger partial charge in [-0.2, -0.15) is 0 Å². The summed E-state index contributed by atoms with van der Waals surface area (Å²) in [7, 11) is 5.83. The topological polar surface area (TPSA) is 24.5 Å². The first-order valence-corrected chi connectivity index (χ1v) is 5.71. The van der Waals surface area contributed by atoms with Crippen LogP contribution in [-0.4, -0.2) is 39.2 Å². The van der Waals surface area contributed by atoms with Gasteiger partial charge in [-0.05, 0) is 38.3 Å². The Kier molecular flexibility index (Phi) is 5.29. The quantitative estimate of drug-likeness (QED) is 0.795. The summed E-state index contributed by atoms with van der Waals surface area (Å²) in [6, 6.07) is 8.67. The predicted octanol–water partition coefficient (Wildman–Crippen LogP) is 1.91. The lowest BCUT2D eigenvalue weighted by Gasteiger charge is -2.27. The average Bonchev–Trinajstić information content (AvgIpc) is 2.35. The van der Waals surface area contributed by atoms with Crippen LogP contribution >= 0.6 is 0 Å². The summed E-state index contributed by atoms with van der Waals surface area (Å²) in [4.78, 5) is 2.32. The largest absolute Gasteiger partial charge is 0.497 e. The molecule has 16 heavy (non-hydrogen) atoms. The predicted molar refractivity (Wildman–Crippen MR) is 68.0 cm³/mol. The molecule has 0 aliphatic heterocycles. The summed E-state index contributed by atoms with van der Waals surface area (Å²) in [6.45, 7) is 4.14. The smallest absolute Gasteiger partial charge is 0.119 e. The van der Waals surface area contributed by atoms with Crippen molar-refractivity contribution in [1.82, 2.24) is 10.2 Å². The highest BCUT2D eigenvalue weighted by molar-refractivity contribution is 5.30. The lowest BCUT2D eigenvalue weighted by molar-refractivity contribution is 0.253. The van der Waals surface area contributed by atoms with Gasteiger partial charge in [0.2, 0.25) is 0 Å². The van der Waals surface area contributed by atoms with Crippen molar-refractivity contribution >= 4 is 0 Å². The van der Waals surface area contributed by atoms with Gasteiger partial charge >= 0.3 is 0 Å². The van der Waals surface area contributed by atoms with Gasteiger partial charge in [-0.15, -0.1) is 0 Å². The molecule has 0 aliphatic carbocycles. The van der Waals surface area contributed by atoms with E-state index in [-0.39, 0.29) is 0 Å². The second kappa shape index (κ2) is 6.51. The second-order valence-electron chi connectivity index (χ2n) is 3.92. The number of hydrogen-bond acceptors (Lipinski definition) is 3. The van der Waals surface area contributed by atoms with Crippen molar-refractivity contribution < 1.29 is 4.74 Å². The number of likely N-dealkylation sites (N-methyl/N-ethyl adjacent to an activating group) is 2. The molecule has 0 aromatic heterocycles. The van der Waals surface area contributed by atoms with Crippen LogP contribution in [0.2, 0.25) is 0 Å². The molecule has 90 valence electrons. The van der Waals surface area contributed by atoms with Crippen LogP contribution in [0.5, 0.6) is 5.75 Å². The fourth-order valence-corrected chi connectivity index (χ4v) is 1.79. The Balaban J connectivity index is 2.90. The van der Waals surface area contributed by atoms with Crippen molar-refractivity contribution in [2.45, 2.75) is 13.0 Å². The summed E-state index contributed by atoms with van der Waals surface area (Å²) < 4.78 is 5.26. The summed E-state index contributed by atoms with van der Waals surface area (Å²) in [5.74, 6) is 0.920. The number of hydrogen-bond donors (Lipinski definition) is 1. The highest BCUT2D eigenvalue weighted by atomic mass is 16.5. The zero-order valence-electron chi connectivity index (χ0n) is 10.7. The van der Waals surface area contributed by atoms with E-state index >= 15 is 0 Å². The number of nitrogens with zero attached hydrogens (tertiary/aromatic N) is 1. The molecule has 0 saturated heterocycles. The maximum atomic E-state index is 5.26. The van der Waals surface area contributed by atoms with Gasteiger partial charge in [-0.3, -0.25) is 4.90 Å². The second-order valence-corrected chi connectivity index (χ2v) is 3.92. The number of benzene rings is 1. The third kappa shape index (κ3) is 3.22. The summed E-state index contributed by atoms with van der Waals surface area (Å²) in [5.41, 5.74) is 1.29. The van der Waals surface area contributed by atoms with Crippen molar-refractivity contribution in [2.24, 2.45) is 0 Å². The zero-order chi connectivity index (χ0) is 12.0. The molecule has 1 unspecified atom stereocenters. The average molecular weight is 222 g/mol. The van der Waals surface area contributed by atoms with Crippen molar-refractivity contribution in [3.05, 3.63) is 29.8 Å². The summed E-state index contributed by atoms with van der Waals surface area (Å²) >= 11 is 0. The van der Waals surface area contributed by atoms with Crippen LogP contribution in [0.25, 0.3) is 0 Å². The first-order valence-electron chi connectivity index (χ1n) is 5.71. The monoisotopic (exact) mass is 222 g/mol. The minimum absolute atomic E-state index is 0.394. The van der Waals surface area contributed by atoms with Gasteiger partial charge in [-0.25, -0.2) is 0 Å². The van der Waals surface area contributed by atoms with E-state index in [0.717, 1.165) is 18.8 Å². The molecule has 1 aromatic rings. The van der Waals surface area contributed by atoms with Crippen LogP contribution in [0.4, 0.5) is 0 Å². The van der Waals surface area contributed by atoms with Gasteiger partial charge in [0, 0.05) is 12.6 Å². The highest BCUT2D eigenvalue weighted by Gasteiger charge is 2.15. The fourth-order valence-electron chi connectivity index (χ4n) is 1.79. The molecule has 3 nitrogen and oxygen atoms in total. The molecule has 0 fully saturated rings. The zero-order valence-corrected chi connectivity index (χ0v) is 10.7. The van der Waals surface area contributed by atoms with E-state index < -0.39 is 0 Å². The van der Waals surface area contributed by atoms with Gasteiger partial charge in [0.1, 0.15) is 5.75 Å². The van der Waals surface area contributed by atoms with E-state index in [0.29, 0.717) is 6.04 Å². The third-order valence-electron chi connectivity index (χ3n) is 2.91. The van der Waals surface area contributed by atoms with Crippen LogP contribution in [0, 0.1) is 0 Å². The minimum atomic E-state index is 0.394. The summed E-state index contributed by atoms with van der Waals surface area (Å²) in [6.07, 6.45) is 0. The van der Waals surface area contributed by atoms with Gasteiger partial charge < -0.3 is 10.1 Å². The van der Waals surface area contributed by atoms with Crippen molar-refractivity contribution in [3.63, 3.8) is 0 Å². The normalized spacial score (nSPS) is 12.8. The van der Waals surface area contributed by atoms with Gasteiger partial charge in [-0.1, -0.05) is 19.1 Å². The Morgan fingerprint density at radius 3 is 2.75 bits per heavy atom. The van der Waals surface area contributed by atoms with Crippen LogP contribution in [0.1, 0.15) is 18.5 Å². The lowest BCUT2D eigenvalue weighted by Crippen LogP contribution is -2.31. The Labute approximate surface area is 98.4 Å². The van der Waals surface area contributed by atoms with E-state index in [9.17, 15) is 0 Å².